The molecule has 0 bridgehead atoms. The van der Waals surface area contributed by atoms with Crippen molar-refractivity contribution in [3.8, 4) is 0 Å². The second-order valence-corrected chi connectivity index (χ2v) is 14.8. The molecule has 0 spiro atoms. The molecule has 4 aliphatic rings. The van der Waals surface area contributed by atoms with Gasteiger partial charge in [-0.2, -0.15) is 26.0 Å². The minimum atomic E-state index is -6.36. The van der Waals surface area contributed by atoms with Crippen LogP contribution in [0.1, 0.15) is 85.0 Å². The second kappa shape index (κ2) is 10.8. The lowest BCUT2D eigenvalue weighted by atomic mass is 9.43. The van der Waals surface area contributed by atoms with Gasteiger partial charge in [0.1, 0.15) is 11.6 Å². The van der Waals surface area contributed by atoms with Crippen molar-refractivity contribution in [1.29, 1.82) is 0 Å². The summed E-state index contributed by atoms with van der Waals surface area (Å²) >= 11 is 0. The first-order valence-corrected chi connectivity index (χ1v) is 15.8. The number of carbonyl (C=O) groups excluding carboxylic acids is 3. The van der Waals surface area contributed by atoms with Crippen LogP contribution in [-0.2, 0) is 29.2 Å². The molecule has 0 saturated heterocycles. The summed E-state index contributed by atoms with van der Waals surface area (Å²) in [5, 5.41) is 5.85. The summed E-state index contributed by atoms with van der Waals surface area (Å²) in [6.07, 6.45) is 1.58. The van der Waals surface area contributed by atoms with Gasteiger partial charge in [-0.1, -0.05) is 20.8 Å². The van der Waals surface area contributed by atoms with Crippen molar-refractivity contribution >= 4 is 27.7 Å². The van der Waals surface area contributed by atoms with E-state index in [2.05, 4.69) is 11.7 Å². The number of Topliss-reactive ketones (excluding diaryl/α,β-unsaturated/α-hetero) is 2. The van der Waals surface area contributed by atoms with Crippen LogP contribution in [0.25, 0.3) is 0 Å². The third-order valence-electron chi connectivity index (χ3n) is 11.4. The highest BCUT2D eigenvalue weighted by molar-refractivity contribution is 7.87. The van der Waals surface area contributed by atoms with Crippen molar-refractivity contribution in [1.82, 2.24) is 0 Å². The average molecular weight is 613 g/mol. The van der Waals surface area contributed by atoms with Crippen molar-refractivity contribution in [3.05, 3.63) is 0 Å². The molecule has 0 aliphatic heterocycles. The van der Waals surface area contributed by atoms with Crippen LogP contribution in [0.3, 0.4) is 0 Å². The quantitative estimate of drug-likeness (QED) is 0.215. The second-order valence-electron chi connectivity index (χ2n) is 13.3. The number of hydrogen-bond acceptors (Lipinski definition) is 7. The van der Waals surface area contributed by atoms with E-state index in [1.54, 1.807) is 0 Å². The summed E-state index contributed by atoms with van der Waals surface area (Å²) in [5.74, 6) is -6.05. The number of ether oxygens (including phenoxy) is 1. The number of rotatable bonds is 9. The van der Waals surface area contributed by atoms with Gasteiger partial charge >= 0.3 is 27.3 Å². The zero-order chi connectivity index (χ0) is 30.8. The van der Waals surface area contributed by atoms with Crippen molar-refractivity contribution in [3.63, 3.8) is 0 Å². The molecule has 3 unspecified atom stereocenters. The van der Waals surface area contributed by atoms with Gasteiger partial charge in [0.15, 0.2) is 0 Å². The summed E-state index contributed by atoms with van der Waals surface area (Å²) < 4.78 is 88.2. The van der Waals surface area contributed by atoms with E-state index < -0.39 is 51.8 Å². The fraction of sp³-hybridized carbons (Fsp3) is 0.893. The van der Waals surface area contributed by atoms with E-state index in [1.807, 2.05) is 13.8 Å². The van der Waals surface area contributed by atoms with Crippen molar-refractivity contribution < 1.29 is 54.8 Å². The van der Waals surface area contributed by atoms with Gasteiger partial charge in [0.05, 0.1) is 19.1 Å². The summed E-state index contributed by atoms with van der Waals surface area (Å²) in [6.45, 7) is 4.93. The number of esters is 1. The Labute approximate surface area is 237 Å². The molecule has 8 nitrogen and oxygen atoms in total. The zero-order valence-corrected chi connectivity index (χ0v) is 24.4. The molecule has 0 heterocycles. The average Bonchev–Trinajstić information content (AvgIpc) is 3.22. The SMILES string of the molecule is C[C@H](CCC(=O)OCCC(F)(F)C(F)(F)S(=O)(=O)O)[C@H]1CC[C@H]2[C@@H]3C(=O)CC4CC(=O)CCC4(C)[C@H]3CC(O)[C@]12C. The first-order chi connectivity index (χ1) is 18.8. The molecule has 0 aromatic heterocycles. The van der Waals surface area contributed by atoms with Crippen molar-refractivity contribution in [2.24, 2.45) is 46.3 Å². The predicted molar refractivity (Wildman–Crippen MR) is 137 cm³/mol. The number of ketones is 2. The molecule has 4 aliphatic carbocycles. The van der Waals surface area contributed by atoms with E-state index in [0.717, 1.165) is 19.3 Å². The molecule has 0 aromatic rings. The van der Waals surface area contributed by atoms with Crippen LogP contribution in [0.4, 0.5) is 17.6 Å². The largest absolute Gasteiger partial charge is 0.465 e. The molecule has 0 amide bonds. The van der Waals surface area contributed by atoms with Gasteiger partial charge in [-0.15, -0.1) is 0 Å². The Bertz CT molecular complexity index is 1180. The molecule has 0 radical (unpaired) electrons. The standard InChI is InChI=1S/C28H40F4O8S/c1-15(4-7-23(36)40-11-10-27(29,30)28(31,32)41(37,38)39)18-5-6-19-24-20(14-22(35)26(18,19)3)25(2)9-8-17(33)12-16(25)13-21(24)34/h15-16,18-20,22,24,35H,4-14H2,1-3H3,(H,37,38,39)/t15-,16?,18-,19+,20+,22?,24+,25?,26-/m1/s1. The minimum absolute atomic E-state index is 0.00489. The van der Waals surface area contributed by atoms with Crippen molar-refractivity contribution in [2.75, 3.05) is 6.61 Å². The molecule has 9 atom stereocenters. The fourth-order valence-corrected chi connectivity index (χ4v) is 9.38. The number of fused-ring (bicyclic) bond motifs is 5. The van der Waals surface area contributed by atoms with Crippen LogP contribution in [0, 0.1) is 46.3 Å². The summed E-state index contributed by atoms with van der Waals surface area (Å²) in [4.78, 5) is 37.8. The number of alkyl halides is 4. The van der Waals surface area contributed by atoms with Gasteiger partial charge in [0.2, 0.25) is 0 Å². The van der Waals surface area contributed by atoms with Gasteiger partial charge in [0, 0.05) is 37.0 Å². The van der Waals surface area contributed by atoms with Gasteiger partial charge in [-0.25, -0.2) is 0 Å². The third kappa shape index (κ3) is 5.36. The Hall–Kier alpha value is -1.60. The van der Waals surface area contributed by atoms with Gasteiger partial charge < -0.3 is 9.84 Å². The number of aliphatic hydroxyl groups excluding tert-OH is 1. The molecule has 2 N–H and O–H groups in total. The van der Waals surface area contributed by atoms with E-state index in [9.17, 15) is 45.5 Å². The Kier molecular flexibility index (Phi) is 8.54. The number of aliphatic hydroxyl groups is 1. The first-order valence-electron chi connectivity index (χ1n) is 14.4. The highest BCUT2D eigenvalue weighted by Crippen LogP contribution is 2.67. The molecular weight excluding hydrogens is 572 g/mol. The molecule has 4 fully saturated rings. The summed E-state index contributed by atoms with van der Waals surface area (Å²) in [7, 11) is -6.36. The van der Waals surface area contributed by atoms with E-state index in [0.29, 0.717) is 25.7 Å². The molecule has 4 rings (SSSR count). The van der Waals surface area contributed by atoms with Gasteiger partial charge in [-0.3, -0.25) is 18.9 Å². The zero-order valence-electron chi connectivity index (χ0n) is 23.6. The van der Waals surface area contributed by atoms with Crippen LogP contribution in [-0.4, -0.2) is 59.5 Å². The maximum atomic E-state index is 13.6. The molecular formula is C28H40F4O8S. The molecule has 234 valence electrons. The number of halogens is 4. The number of carbonyl (C=O) groups is 3. The lowest BCUT2D eigenvalue weighted by molar-refractivity contribution is -0.178. The van der Waals surface area contributed by atoms with Gasteiger partial charge in [-0.05, 0) is 67.1 Å². The lowest BCUT2D eigenvalue weighted by Gasteiger charge is -2.61. The van der Waals surface area contributed by atoms with E-state index in [-0.39, 0.29) is 65.3 Å². The monoisotopic (exact) mass is 612 g/mol. The van der Waals surface area contributed by atoms with Crippen LogP contribution < -0.4 is 0 Å². The summed E-state index contributed by atoms with van der Waals surface area (Å²) in [5.41, 5.74) is -0.748. The fourth-order valence-electron chi connectivity index (χ4n) is 8.91. The normalized spacial score (nSPS) is 38.6. The Morgan fingerprint density at radius 1 is 1.12 bits per heavy atom. The van der Waals surface area contributed by atoms with Crippen LogP contribution in [0.5, 0.6) is 0 Å². The maximum absolute atomic E-state index is 13.6. The van der Waals surface area contributed by atoms with Crippen LogP contribution in [0.2, 0.25) is 0 Å². The Morgan fingerprint density at radius 2 is 1.78 bits per heavy atom. The van der Waals surface area contributed by atoms with E-state index in [1.165, 1.54) is 0 Å². The maximum Gasteiger partial charge on any atom is 0.431 e. The molecule has 4 saturated carbocycles. The predicted octanol–water partition coefficient (Wildman–Crippen LogP) is 4.83. The topological polar surface area (TPSA) is 135 Å². The lowest BCUT2D eigenvalue weighted by Crippen LogP contribution is -2.61. The highest BCUT2D eigenvalue weighted by atomic mass is 32.2. The third-order valence-corrected chi connectivity index (χ3v) is 12.3. The minimum Gasteiger partial charge on any atom is -0.465 e. The van der Waals surface area contributed by atoms with Crippen LogP contribution in [0.15, 0.2) is 0 Å². The Morgan fingerprint density at radius 3 is 2.41 bits per heavy atom. The highest BCUT2D eigenvalue weighted by Gasteiger charge is 2.67. The number of hydrogen-bond donors (Lipinski definition) is 2. The molecule has 13 heteroatoms. The molecule has 41 heavy (non-hydrogen) atoms. The van der Waals surface area contributed by atoms with Crippen molar-refractivity contribution in [2.45, 2.75) is 102 Å². The summed E-state index contributed by atoms with van der Waals surface area (Å²) in [6, 6.07) is 0. The van der Waals surface area contributed by atoms with Gasteiger partial charge in [0.25, 0.3) is 0 Å². The van der Waals surface area contributed by atoms with E-state index in [4.69, 9.17) is 4.55 Å². The Balaban J connectivity index is 1.37. The first kappa shape index (κ1) is 32.3. The van der Waals surface area contributed by atoms with Crippen LogP contribution >= 0.6 is 0 Å². The smallest absolute Gasteiger partial charge is 0.431 e. The van der Waals surface area contributed by atoms with E-state index >= 15 is 0 Å². The molecule has 0 aromatic carbocycles.